The van der Waals surface area contributed by atoms with E-state index in [0.717, 1.165) is 11.8 Å². The Morgan fingerprint density at radius 3 is 1.88 bits per heavy atom. The molecule has 2 heteroatoms. The molecule has 4 unspecified atom stereocenters. The normalized spacial score (nSPS) is 24.3. The van der Waals surface area contributed by atoms with Gasteiger partial charge >= 0.3 is 5.97 Å². The van der Waals surface area contributed by atoms with Gasteiger partial charge in [0, 0.05) is 5.57 Å². The highest BCUT2D eigenvalue weighted by molar-refractivity contribution is 5.86. The van der Waals surface area contributed by atoms with Gasteiger partial charge in [-0.1, -0.05) is 80.0 Å². The molecule has 4 atom stereocenters. The first-order valence-corrected chi connectivity index (χ1v) is 12.1. The minimum atomic E-state index is -0.319. The molecule has 2 aliphatic rings. The van der Waals surface area contributed by atoms with Crippen LogP contribution in [0.1, 0.15) is 56.6 Å². The number of rotatable bonds is 9. The molecule has 0 radical (unpaired) electrons. The third-order valence-electron chi connectivity index (χ3n) is 6.49. The van der Waals surface area contributed by atoms with Crippen LogP contribution in [0.4, 0.5) is 0 Å². The summed E-state index contributed by atoms with van der Waals surface area (Å²) >= 11 is 0. The average Bonchev–Trinajstić information content (AvgIpc) is 3.50. The van der Waals surface area contributed by atoms with Crippen LogP contribution in [0, 0.1) is 23.7 Å². The number of ether oxygens (including phenoxy) is 1. The smallest absolute Gasteiger partial charge is 0.333 e. The summed E-state index contributed by atoms with van der Waals surface area (Å²) in [6.45, 7) is 17.0. The number of hydrogen-bond donors (Lipinski definition) is 0. The Morgan fingerprint density at radius 2 is 1.39 bits per heavy atom. The second kappa shape index (κ2) is 14.3. The zero-order chi connectivity index (χ0) is 24.1. The lowest BCUT2D eigenvalue weighted by Crippen LogP contribution is -2.04. The number of allylic oxidation sites excluding steroid dienone is 4. The molecular weight excluding hydrogens is 404 g/mol. The van der Waals surface area contributed by atoms with E-state index in [2.05, 4.69) is 74.9 Å². The SMILES string of the molecule is C=CC1CCC(/C=C/COC(=O)C(=C)C)C1.C=Cc1ccc(/C=C/C2CCC(C=C)C2)cc1. The summed E-state index contributed by atoms with van der Waals surface area (Å²) in [4.78, 5) is 11.1. The molecule has 0 N–H and O–H groups in total. The van der Waals surface area contributed by atoms with Gasteiger partial charge in [-0.05, 0) is 80.2 Å². The van der Waals surface area contributed by atoms with Crippen molar-refractivity contribution in [2.45, 2.75) is 45.4 Å². The van der Waals surface area contributed by atoms with Gasteiger partial charge in [-0.25, -0.2) is 4.79 Å². The fraction of sp³-hybridized carbons (Fsp3) is 0.387. The molecule has 0 spiro atoms. The third-order valence-corrected chi connectivity index (χ3v) is 6.49. The highest BCUT2D eigenvalue weighted by Gasteiger charge is 2.20. The Bertz CT molecular complexity index is 855. The summed E-state index contributed by atoms with van der Waals surface area (Å²) < 4.78 is 4.97. The van der Waals surface area contributed by atoms with E-state index in [9.17, 15) is 4.79 Å². The fourth-order valence-electron chi connectivity index (χ4n) is 4.37. The number of carbonyl (C=O) groups is 1. The summed E-state index contributed by atoms with van der Waals surface area (Å²) in [6, 6.07) is 8.50. The molecule has 0 heterocycles. The molecular formula is C31H40O2. The van der Waals surface area contributed by atoms with E-state index >= 15 is 0 Å². The van der Waals surface area contributed by atoms with Gasteiger partial charge in [-0.2, -0.15) is 0 Å². The fourth-order valence-corrected chi connectivity index (χ4v) is 4.37. The van der Waals surface area contributed by atoms with Crippen LogP contribution < -0.4 is 0 Å². The Hall–Kier alpha value is -2.87. The maximum atomic E-state index is 11.1. The van der Waals surface area contributed by atoms with Crippen molar-refractivity contribution >= 4 is 18.1 Å². The van der Waals surface area contributed by atoms with Crippen molar-refractivity contribution in [1.82, 2.24) is 0 Å². The molecule has 2 aliphatic carbocycles. The second-order valence-electron chi connectivity index (χ2n) is 9.17. The van der Waals surface area contributed by atoms with E-state index in [1.54, 1.807) is 6.92 Å². The van der Waals surface area contributed by atoms with Crippen LogP contribution in [-0.2, 0) is 9.53 Å². The first-order chi connectivity index (χ1) is 15.9. The largest absolute Gasteiger partial charge is 0.458 e. The molecule has 0 aliphatic heterocycles. The number of esters is 1. The highest BCUT2D eigenvalue weighted by atomic mass is 16.5. The van der Waals surface area contributed by atoms with E-state index in [1.807, 2.05) is 18.2 Å². The molecule has 176 valence electrons. The second-order valence-corrected chi connectivity index (χ2v) is 9.17. The maximum Gasteiger partial charge on any atom is 0.333 e. The van der Waals surface area contributed by atoms with Gasteiger partial charge in [0.05, 0.1) is 0 Å². The van der Waals surface area contributed by atoms with Crippen molar-refractivity contribution in [1.29, 1.82) is 0 Å². The van der Waals surface area contributed by atoms with E-state index in [4.69, 9.17) is 4.74 Å². The summed E-state index contributed by atoms with van der Waals surface area (Å²) in [5, 5.41) is 0. The number of carbonyl (C=O) groups excluding carboxylic acids is 1. The van der Waals surface area contributed by atoms with Crippen LogP contribution in [0.2, 0.25) is 0 Å². The highest BCUT2D eigenvalue weighted by Crippen LogP contribution is 2.33. The van der Waals surface area contributed by atoms with Crippen LogP contribution >= 0.6 is 0 Å². The molecule has 2 nitrogen and oxygen atoms in total. The van der Waals surface area contributed by atoms with Crippen molar-refractivity contribution in [2.75, 3.05) is 6.61 Å². The minimum absolute atomic E-state index is 0.319. The van der Waals surface area contributed by atoms with Crippen molar-refractivity contribution < 1.29 is 9.53 Å². The van der Waals surface area contributed by atoms with E-state index in [1.165, 1.54) is 49.7 Å². The first kappa shape index (κ1) is 26.4. The van der Waals surface area contributed by atoms with Crippen LogP contribution in [0.3, 0.4) is 0 Å². The van der Waals surface area contributed by atoms with Gasteiger partial charge in [0.15, 0.2) is 0 Å². The molecule has 2 saturated carbocycles. The van der Waals surface area contributed by atoms with Gasteiger partial charge in [0.25, 0.3) is 0 Å². The number of benzene rings is 1. The van der Waals surface area contributed by atoms with Crippen LogP contribution in [0.15, 0.2) is 86.5 Å². The van der Waals surface area contributed by atoms with E-state index in [0.29, 0.717) is 24.0 Å². The summed E-state index contributed by atoms with van der Waals surface area (Å²) in [5.41, 5.74) is 2.90. The molecule has 3 rings (SSSR count). The standard InChI is InChI=1S/C17H20.C14H20O2/c1-3-14-5-8-16(9-6-14)10-12-17-11-7-15(4-2)13-17;1-4-12-7-8-13(10-12)6-5-9-16-14(15)11(2)3/h3-6,8-10,12,15,17H,1-2,7,11,13H2;4-6,12-13H,1-2,7-10H2,3H3/b12-10+;6-5+. The van der Waals surface area contributed by atoms with Gasteiger partial charge in [-0.15, -0.1) is 13.2 Å². The molecule has 0 aromatic heterocycles. The van der Waals surface area contributed by atoms with Gasteiger partial charge in [0.2, 0.25) is 0 Å². The van der Waals surface area contributed by atoms with Gasteiger partial charge in [-0.3, -0.25) is 0 Å². The lowest BCUT2D eigenvalue weighted by atomic mass is 10.0. The van der Waals surface area contributed by atoms with Gasteiger partial charge < -0.3 is 4.74 Å². The molecule has 0 bridgehead atoms. The minimum Gasteiger partial charge on any atom is -0.458 e. The quantitative estimate of drug-likeness (QED) is 0.218. The molecule has 0 amide bonds. The topological polar surface area (TPSA) is 26.3 Å². The van der Waals surface area contributed by atoms with E-state index < -0.39 is 0 Å². The Kier molecular flexibility index (Phi) is 11.4. The Labute approximate surface area is 201 Å². The molecule has 1 aromatic carbocycles. The predicted octanol–water partition coefficient (Wildman–Crippen LogP) is 8.21. The third kappa shape index (κ3) is 9.65. The summed E-state index contributed by atoms with van der Waals surface area (Å²) in [7, 11) is 0. The maximum absolute atomic E-state index is 11.1. The summed E-state index contributed by atoms with van der Waals surface area (Å²) in [5.74, 6) is 2.42. The molecule has 33 heavy (non-hydrogen) atoms. The summed E-state index contributed by atoms with van der Waals surface area (Å²) in [6.07, 6.45) is 22.2. The van der Waals surface area contributed by atoms with Crippen LogP contribution in [0.25, 0.3) is 12.2 Å². The number of hydrogen-bond acceptors (Lipinski definition) is 2. The van der Waals surface area contributed by atoms with Crippen LogP contribution in [-0.4, -0.2) is 12.6 Å². The predicted molar refractivity (Wildman–Crippen MR) is 143 cm³/mol. The van der Waals surface area contributed by atoms with Crippen molar-refractivity contribution in [3.63, 3.8) is 0 Å². The monoisotopic (exact) mass is 444 g/mol. The average molecular weight is 445 g/mol. The lowest BCUT2D eigenvalue weighted by Gasteiger charge is -2.03. The van der Waals surface area contributed by atoms with E-state index in [-0.39, 0.29) is 5.97 Å². The molecule has 2 fully saturated rings. The van der Waals surface area contributed by atoms with Crippen molar-refractivity contribution in [3.05, 3.63) is 97.7 Å². The lowest BCUT2D eigenvalue weighted by molar-refractivity contribution is -0.137. The molecule has 1 aromatic rings. The van der Waals surface area contributed by atoms with Crippen molar-refractivity contribution in [3.8, 4) is 0 Å². The Balaban J connectivity index is 0.000000234. The Morgan fingerprint density at radius 1 is 0.879 bits per heavy atom. The molecule has 0 saturated heterocycles. The van der Waals surface area contributed by atoms with Gasteiger partial charge in [0.1, 0.15) is 6.61 Å². The van der Waals surface area contributed by atoms with Crippen molar-refractivity contribution in [2.24, 2.45) is 23.7 Å². The zero-order valence-corrected chi connectivity index (χ0v) is 20.3. The first-order valence-electron chi connectivity index (χ1n) is 12.1. The zero-order valence-electron chi connectivity index (χ0n) is 20.3. The van der Waals surface area contributed by atoms with Crippen LogP contribution in [0.5, 0.6) is 0 Å².